The molecule has 5 rings (SSSR count). The molecule has 1 aromatic heterocycles. The van der Waals surface area contributed by atoms with E-state index in [9.17, 15) is 9.18 Å². The predicted molar refractivity (Wildman–Crippen MR) is 131 cm³/mol. The molecule has 1 saturated heterocycles. The lowest BCUT2D eigenvalue weighted by atomic mass is 10.1. The van der Waals surface area contributed by atoms with Crippen LogP contribution in [-0.4, -0.2) is 42.0 Å². The Morgan fingerprint density at radius 3 is 2.12 bits per heavy atom. The summed E-state index contributed by atoms with van der Waals surface area (Å²) in [5.74, 6) is 1.10. The van der Waals surface area contributed by atoms with E-state index in [0.29, 0.717) is 56.4 Å². The van der Waals surface area contributed by atoms with Gasteiger partial charge in [-0.15, -0.1) is 0 Å². The van der Waals surface area contributed by atoms with Crippen LogP contribution in [0.2, 0.25) is 0 Å². The van der Waals surface area contributed by atoms with Gasteiger partial charge in [0.15, 0.2) is 11.7 Å². The Morgan fingerprint density at radius 2 is 1.44 bits per heavy atom. The zero-order valence-electron chi connectivity index (χ0n) is 18.9. The van der Waals surface area contributed by atoms with Crippen LogP contribution in [0.3, 0.4) is 0 Å². The van der Waals surface area contributed by atoms with Crippen LogP contribution in [0.5, 0.6) is 0 Å². The van der Waals surface area contributed by atoms with Crippen LogP contribution in [-0.2, 0) is 11.2 Å². The number of benzene rings is 3. The van der Waals surface area contributed by atoms with Crippen LogP contribution in [0.4, 0.5) is 10.1 Å². The summed E-state index contributed by atoms with van der Waals surface area (Å²) in [6.45, 7) is 2.37. The number of piperazine rings is 1. The van der Waals surface area contributed by atoms with E-state index >= 15 is 0 Å². The van der Waals surface area contributed by atoms with Gasteiger partial charge in [0.25, 0.3) is 0 Å². The number of rotatable bonds is 6. The molecule has 5 nitrogen and oxygen atoms in total. The molecule has 0 aliphatic carbocycles. The number of para-hydroxylation sites is 1. The zero-order chi connectivity index (χ0) is 23.3. The number of carbonyl (C=O) groups is 1. The molecule has 0 bridgehead atoms. The summed E-state index contributed by atoms with van der Waals surface area (Å²) >= 11 is 0. The number of nitrogens with zero attached hydrogens (tertiary/aromatic N) is 3. The standard InChI is InChI=1S/C28H26FN3O2/c29-23-13-7-8-14-24(23)31-17-19-32(20-18-31)26(33)16-15-25-30-27(21-9-3-1-4-10-21)28(34-25)22-11-5-2-6-12-22/h1-14H,15-20H2. The SMILES string of the molecule is O=C(CCc1nc(-c2ccccc2)c(-c2ccccc2)o1)N1CCN(c2ccccc2F)CC1. The minimum Gasteiger partial charge on any atom is -0.440 e. The second-order valence-electron chi connectivity index (χ2n) is 8.34. The molecule has 0 N–H and O–H groups in total. The highest BCUT2D eigenvalue weighted by atomic mass is 19.1. The maximum Gasteiger partial charge on any atom is 0.223 e. The average molecular weight is 456 g/mol. The van der Waals surface area contributed by atoms with E-state index in [0.717, 1.165) is 16.8 Å². The van der Waals surface area contributed by atoms with E-state index in [2.05, 4.69) is 0 Å². The van der Waals surface area contributed by atoms with E-state index in [1.54, 1.807) is 12.1 Å². The highest BCUT2D eigenvalue weighted by Crippen LogP contribution is 2.33. The van der Waals surface area contributed by atoms with E-state index in [1.807, 2.05) is 76.5 Å². The monoisotopic (exact) mass is 455 g/mol. The molecule has 3 aromatic carbocycles. The third kappa shape index (κ3) is 4.71. The number of oxazole rings is 1. The number of amides is 1. The lowest BCUT2D eigenvalue weighted by Gasteiger charge is -2.36. The van der Waals surface area contributed by atoms with Gasteiger partial charge in [-0.2, -0.15) is 0 Å². The van der Waals surface area contributed by atoms with Crippen molar-refractivity contribution in [2.45, 2.75) is 12.8 Å². The quantitative estimate of drug-likeness (QED) is 0.389. The first-order valence-corrected chi connectivity index (χ1v) is 11.6. The van der Waals surface area contributed by atoms with Gasteiger partial charge in [-0.3, -0.25) is 4.79 Å². The van der Waals surface area contributed by atoms with Gasteiger partial charge in [-0.05, 0) is 12.1 Å². The van der Waals surface area contributed by atoms with E-state index in [4.69, 9.17) is 9.40 Å². The van der Waals surface area contributed by atoms with Crippen molar-refractivity contribution in [3.63, 3.8) is 0 Å². The molecule has 34 heavy (non-hydrogen) atoms. The lowest BCUT2D eigenvalue weighted by molar-refractivity contribution is -0.131. The van der Waals surface area contributed by atoms with Gasteiger partial charge < -0.3 is 14.2 Å². The average Bonchev–Trinajstić information content (AvgIpc) is 3.33. The Labute approximate surface area is 198 Å². The number of carbonyl (C=O) groups excluding carboxylic acids is 1. The van der Waals surface area contributed by atoms with Gasteiger partial charge in [0.1, 0.15) is 11.5 Å². The van der Waals surface area contributed by atoms with Gasteiger partial charge >= 0.3 is 0 Å². The van der Waals surface area contributed by atoms with E-state index in [1.165, 1.54) is 6.07 Å². The summed E-state index contributed by atoms with van der Waals surface area (Å²) in [5, 5.41) is 0. The molecule has 0 atom stereocenters. The molecule has 172 valence electrons. The van der Waals surface area contributed by atoms with Gasteiger partial charge in [0.2, 0.25) is 5.91 Å². The highest BCUT2D eigenvalue weighted by molar-refractivity contribution is 5.78. The Kier molecular flexibility index (Phi) is 6.38. The van der Waals surface area contributed by atoms with Crippen LogP contribution < -0.4 is 4.90 Å². The molecule has 0 unspecified atom stereocenters. The molecule has 1 aliphatic rings. The van der Waals surface area contributed by atoms with Crippen molar-refractivity contribution in [2.24, 2.45) is 0 Å². The number of hydrogen-bond donors (Lipinski definition) is 0. The van der Waals surface area contributed by atoms with Crippen LogP contribution >= 0.6 is 0 Å². The van der Waals surface area contributed by atoms with Gasteiger partial charge in [0.05, 0.1) is 5.69 Å². The molecular weight excluding hydrogens is 429 g/mol. The van der Waals surface area contributed by atoms with Crippen molar-refractivity contribution < 1.29 is 13.6 Å². The fourth-order valence-electron chi connectivity index (χ4n) is 4.33. The molecule has 4 aromatic rings. The van der Waals surface area contributed by atoms with Crippen LogP contribution in [0, 0.1) is 5.82 Å². The topological polar surface area (TPSA) is 49.6 Å². The lowest BCUT2D eigenvalue weighted by Crippen LogP contribution is -2.49. The number of anilines is 1. The Morgan fingerprint density at radius 1 is 0.824 bits per heavy atom. The van der Waals surface area contributed by atoms with Gasteiger partial charge in [0, 0.05) is 50.1 Å². The Bertz CT molecular complexity index is 1190. The molecule has 1 aliphatic heterocycles. The second-order valence-corrected chi connectivity index (χ2v) is 8.34. The third-order valence-corrected chi connectivity index (χ3v) is 6.13. The van der Waals surface area contributed by atoms with Crippen LogP contribution in [0.25, 0.3) is 22.6 Å². The van der Waals surface area contributed by atoms with Crippen LogP contribution in [0.1, 0.15) is 12.3 Å². The number of halogens is 1. The number of aryl methyl sites for hydroxylation is 1. The minimum atomic E-state index is -0.227. The summed E-state index contributed by atoms with van der Waals surface area (Å²) in [6, 6.07) is 26.6. The first kappa shape index (κ1) is 21.9. The summed E-state index contributed by atoms with van der Waals surface area (Å²) in [5.41, 5.74) is 3.31. The Hall–Kier alpha value is -3.93. The minimum absolute atomic E-state index is 0.0638. The second kappa shape index (κ2) is 9.91. The smallest absolute Gasteiger partial charge is 0.223 e. The fraction of sp³-hybridized carbons (Fsp3) is 0.214. The first-order chi connectivity index (χ1) is 16.7. The molecule has 0 spiro atoms. The van der Waals surface area contributed by atoms with Crippen molar-refractivity contribution in [3.05, 3.63) is 96.6 Å². The molecule has 1 fully saturated rings. The van der Waals surface area contributed by atoms with Crippen LogP contribution in [0.15, 0.2) is 89.3 Å². The number of hydrogen-bond acceptors (Lipinski definition) is 4. The van der Waals surface area contributed by atoms with E-state index < -0.39 is 0 Å². The summed E-state index contributed by atoms with van der Waals surface area (Å²) < 4.78 is 20.2. The first-order valence-electron chi connectivity index (χ1n) is 11.6. The number of aromatic nitrogens is 1. The molecular formula is C28H26FN3O2. The summed E-state index contributed by atoms with van der Waals surface area (Å²) in [7, 11) is 0. The molecule has 2 heterocycles. The van der Waals surface area contributed by atoms with Gasteiger partial charge in [-0.1, -0.05) is 72.8 Å². The fourth-order valence-corrected chi connectivity index (χ4v) is 4.33. The van der Waals surface area contributed by atoms with Crippen molar-refractivity contribution in [1.29, 1.82) is 0 Å². The normalized spacial score (nSPS) is 13.8. The van der Waals surface area contributed by atoms with Crippen molar-refractivity contribution in [3.8, 4) is 22.6 Å². The third-order valence-electron chi connectivity index (χ3n) is 6.13. The largest absolute Gasteiger partial charge is 0.440 e. The summed E-state index contributed by atoms with van der Waals surface area (Å²) in [4.78, 5) is 21.5. The summed E-state index contributed by atoms with van der Waals surface area (Å²) in [6.07, 6.45) is 0.752. The maximum atomic E-state index is 14.1. The van der Waals surface area contributed by atoms with Crippen molar-refractivity contribution in [2.75, 3.05) is 31.1 Å². The van der Waals surface area contributed by atoms with Crippen molar-refractivity contribution in [1.82, 2.24) is 9.88 Å². The molecule has 1 amide bonds. The molecule has 0 saturated carbocycles. The Balaban J connectivity index is 1.25. The molecule has 6 heteroatoms. The molecule has 0 radical (unpaired) electrons. The van der Waals surface area contributed by atoms with E-state index in [-0.39, 0.29) is 11.7 Å². The zero-order valence-corrected chi connectivity index (χ0v) is 18.9. The maximum absolute atomic E-state index is 14.1. The van der Waals surface area contributed by atoms with Crippen molar-refractivity contribution >= 4 is 11.6 Å². The van der Waals surface area contributed by atoms with Gasteiger partial charge in [-0.25, -0.2) is 9.37 Å². The highest BCUT2D eigenvalue weighted by Gasteiger charge is 2.23. The predicted octanol–water partition coefficient (Wildman–Crippen LogP) is 5.43.